The number of carboxylic acid groups (broad SMARTS) is 1. The molecule has 0 spiro atoms. The average Bonchev–Trinajstić information content (AvgIpc) is 1.54. The molecule has 16 atom stereocenters. The molecule has 26 nitrogen and oxygen atoms in total. The lowest BCUT2D eigenvalue weighted by molar-refractivity contribution is -0.231. The van der Waals surface area contributed by atoms with Crippen molar-refractivity contribution in [1.29, 1.82) is 10.5 Å². The molecule has 1 aromatic carbocycles. The maximum Gasteiger partial charge on any atom is 0.425 e. The van der Waals surface area contributed by atoms with Crippen LogP contribution in [0.1, 0.15) is 290 Å². The quantitative estimate of drug-likeness (QED) is 0.0312. The number of nitrogens with zero attached hydrogens (tertiary/aromatic N) is 2. The van der Waals surface area contributed by atoms with Crippen LogP contribution < -0.4 is 4.74 Å². The number of fused-ring (bicyclic) bond motifs is 2. The Morgan fingerprint density at radius 3 is 0.977 bits per heavy atom. The Morgan fingerprint density at radius 2 is 0.736 bits per heavy atom. The van der Waals surface area contributed by atoms with E-state index in [0.29, 0.717) is 84.0 Å². The molecule has 0 aromatic heterocycles. The highest BCUT2D eigenvalue weighted by atomic mass is 19.4. The molecule has 4 aliphatic carbocycles. The molecular weight excluding hydrogens is 1730 g/mol. The number of halogens is 12. The van der Waals surface area contributed by atoms with Crippen molar-refractivity contribution in [2.24, 2.45) is 78.3 Å². The van der Waals surface area contributed by atoms with Crippen LogP contribution in [0.4, 0.5) is 52.7 Å². The first kappa shape index (κ1) is 118. The first-order chi connectivity index (χ1) is 58.4. The van der Waals surface area contributed by atoms with E-state index in [1.807, 2.05) is 93.5 Å². The lowest BCUT2D eigenvalue weighted by Crippen LogP contribution is -2.45. The zero-order chi connectivity index (χ0) is 101. The number of cyclic esters (lactones) is 1. The van der Waals surface area contributed by atoms with Crippen molar-refractivity contribution < 1.29 is 167 Å². The van der Waals surface area contributed by atoms with E-state index in [1.54, 1.807) is 69.2 Å². The molecule has 7 aliphatic rings. The Balaban J connectivity index is 0.000000747. The molecule has 7 fully saturated rings. The normalized spacial score (nSPS) is 24.0. The Bertz CT molecular complexity index is 3920. The highest BCUT2D eigenvalue weighted by Gasteiger charge is 2.74. The molecule has 3 heterocycles. The minimum atomic E-state index is -4.85. The third-order valence-electron chi connectivity index (χ3n) is 25.3. The molecule has 3 aliphatic heterocycles. The maximum atomic E-state index is 12.3. The number of hydrogen-bond donors (Lipinski definition) is 1. The Morgan fingerprint density at radius 1 is 0.442 bits per heavy atom. The molecule has 16 unspecified atom stereocenters. The van der Waals surface area contributed by atoms with Crippen molar-refractivity contribution in [3.8, 4) is 17.9 Å². The Kier molecular flexibility index (Phi) is 42.0. The van der Waals surface area contributed by atoms with Crippen LogP contribution in [-0.2, 0) is 110 Å². The second kappa shape index (κ2) is 45.9. The van der Waals surface area contributed by atoms with E-state index in [1.165, 1.54) is 12.5 Å². The van der Waals surface area contributed by atoms with Gasteiger partial charge in [-0.2, -0.15) is 63.2 Å². The van der Waals surface area contributed by atoms with Gasteiger partial charge in [0.05, 0.1) is 57.2 Å². The molecule has 1 N–H and O–H groups in total. The molecule has 0 amide bonds. The topological polar surface area (TPSA) is 374 Å². The minimum absolute atomic E-state index is 0.0442. The molecule has 0 radical (unpaired) electrons. The lowest BCUT2D eigenvalue weighted by Gasteiger charge is -2.30. The number of ether oxygens (including phenoxy) is 11. The van der Waals surface area contributed by atoms with Crippen LogP contribution >= 0.6 is 0 Å². The van der Waals surface area contributed by atoms with E-state index < -0.39 is 164 Å². The van der Waals surface area contributed by atoms with Crippen LogP contribution in [0.3, 0.4) is 0 Å². The second-order valence-electron chi connectivity index (χ2n) is 38.4. The van der Waals surface area contributed by atoms with Gasteiger partial charge in [0.25, 0.3) is 0 Å². The van der Waals surface area contributed by atoms with Crippen molar-refractivity contribution in [3.05, 3.63) is 29.8 Å². The van der Waals surface area contributed by atoms with E-state index in [2.05, 4.69) is 51.9 Å². The second-order valence-corrected chi connectivity index (χ2v) is 38.4. The zero-order valence-corrected chi connectivity index (χ0v) is 79.6. The predicted molar refractivity (Wildman–Crippen MR) is 441 cm³/mol. The van der Waals surface area contributed by atoms with Crippen LogP contribution in [0.25, 0.3) is 0 Å². The van der Waals surface area contributed by atoms with Crippen LogP contribution in [0.5, 0.6) is 5.75 Å². The smallest absolute Gasteiger partial charge is 0.425 e. The number of rotatable bonds is 25. The van der Waals surface area contributed by atoms with Gasteiger partial charge in [-0.25, -0.2) is 4.79 Å². The van der Waals surface area contributed by atoms with Gasteiger partial charge in [-0.05, 0) is 218 Å². The van der Waals surface area contributed by atoms with Gasteiger partial charge in [0.2, 0.25) is 6.10 Å². The zero-order valence-electron chi connectivity index (χ0n) is 79.6. The fourth-order valence-corrected chi connectivity index (χ4v) is 12.2. The summed E-state index contributed by atoms with van der Waals surface area (Å²) in [5.41, 5.74) is -6.70. The van der Waals surface area contributed by atoms with E-state index in [-0.39, 0.29) is 77.5 Å². The molecular formula is C91H134F12N2O24. The summed E-state index contributed by atoms with van der Waals surface area (Å²) in [6.07, 6.45) is -23.1. The summed E-state index contributed by atoms with van der Waals surface area (Å²) in [7, 11) is 0. The third-order valence-corrected chi connectivity index (χ3v) is 25.3. The van der Waals surface area contributed by atoms with Crippen molar-refractivity contribution in [1.82, 2.24) is 0 Å². The average molecular weight is 1870 g/mol. The van der Waals surface area contributed by atoms with Crippen LogP contribution in [0, 0.1) is 101 Å². The molecule has 8 rings (SSSR count). The van der Waals surface area contributed by atoms with Crippen LogP contribution in [0.15, 0.2) is 24.3 Å². The molecule has 129 heavy (non-hydrogen) atoms. The number of benzene rings is 1. The fourth-order valence-electron chi connectivity index (χ4n) is 12.2. The van der Waals surface area contributed by atoms with Gasteiger partial charge in [0.15, 0.2) is 40.7 Å². The fraction of sp³-hybridized carbons (Fsp3) is 0.780. The third kappa shape index (κ3) is 31.3. The van der Waals surface area contributed by atoms with Gasteiger partial charge < -0.3 is 57.2 Å². The number of carboxylic acids is 1. The number of aliphatic carboxylic acids is 1. The monoisotopic (exact) mass is 1870 g/mol. The molecule has 4 saturated carbocycles. The summed E-state index contributed by atoms with van der Waals surface area (Å²) in [4.78, 5) is 139. The van der Waals surface area contributed by atoms with Gasteiger partial charge in [-0.1, -0.05) is 95.2 Å². The van der Waals surface area contributed by atoms with Gasteiger partial charge in [0.1, 0.15) is 30.2 Å². The molecule has 1 aromatic rings. The summed E-state index contributed by atoms with van der Waals surface area (Å²) in [6.45, 7) is 47.3. The summed E-state index contributed by atoms with van der Waals surface area (Å²) in [5.74, 6) is -7.28. The first-order valence-electron chi connectivity index (χ1n) is 43.1. The van der Waals surface area contributed by atoms with E-state index in [9.17, 15) is 121 Å². The largest absolute Gasteiger partial charge is 0.481 e. The number of carbonyl (C=O) groups excluding carboxylic acids is 11. The Hall–Kier alpha value is -9.00. The van der Waals surface area contributed by atoms with Crippen molar-refractivity contribution in [2.75, 3.05) is 6.61 Å². The van der Waals surface area contributed by atoms with Gasteiger partial charge in [-0.15, -0.1) is 0 Å². The number of carbonyl (C=O) groups is 12. The van der Waals surface area contributed by atoms with Gasteiger partial charge in [-0.3, -0.25) is 52.7 Å². The number of nitriles is 2. The van der Waals surface area contributed by atoms with Crippen molar-refractivity contribution in [2.45, 2.75) is 369 Å². The molecule has 3 saturated heterocycles. The molecule has 736 valence electrons. The first-order valence-corrected chi connectivity index (χ1v) is 43.1. The van der Waals surface area contributed by atoms with Crippen molar-refractivity contribution in [3.63, 3.8) is 0 Å². The standard InChI is InChI=1S/2C15H19NO4.C15H22O2.C12H16F6O4.C10H16O4.2C9H15F3O2.C6H12O2/c2*1-4-14(2,3)12(17)19-10-8-5-9-11(10)20-13(18)15(9,6-8)7-16;1-6-11(2)14(16)17-13-9-7-12(8-10-13)15(3,4)5;1-5-10(4,8(19)21-6(2)11(13,14)15)9(20)22-7(3)12(16,17)18;1-4-10(2,3)9(12)14-7-5-6-13-8(7)11;2*1-5-8(3,4)7(13)14-6(2)9(10,11)12;1-4-6(2,3)5(7)8/h2*8-11H,4-6H2,1-3H3;7-11H,6H2,1-5H3;6-7H,5H2,1-4H3;7H,4-6H2,1-3H3;2*6H,5H2,1-4H3;4H2,1-3H3,(H,7,8). The van der Waals surface area contributed by atoms with E-state index >= 15 is 0 Å². The highest BCUT2D eigenvalue weighted by molar-refractivity contribution is 5.99. The van der Waals surface area contributed by atoms with Gasteiger partial charge in [0, 0.05) is 30.1 Å². The summed E-state index contributed by atoms with van der Waals surface area (Å²) in [6, 6.07) is 12.1. The van der Waals surface area contributed by atoms with E-state index in [4.69, 9.17) is 38.3 Å². The number of esters is 11. The maximum absolute atomic E-state index is 12.3. The molecule has 38 heteroatoms. The highest BCUT2D eigenvalue weighted by Crippen LogP contribution is 2.64. The predicted octanol–water partition coefficient (Wildman–Crippen LogP) is 19.6. The lowest BCUT2D eigenvalue weighted by atomic mass is 9.74. The Labute approximate surface area is 748 Å². The minimum Gasteiger partial charge on any atom is -0.481 e. The number of alkyl halides is 12. The SMILES string of the molecule is CCC(C)(C(=O)OC(C)C(F)(F)F)C(=O)OC(C)C(F)(F)F.CCC(C)(C)C(=O)O.CCC(C)(C)C(=O)OC(C)C(F)(F)F.CCC(C)(C)C(=O)OC(C)C(F)(F)F.CCC(C)(C)C(=O)OC1C2CC3C1OC(=O)C3(C#N)C2.CCC(C)(C)C(=O)OC1C2CC3C1OC(=O)C3(C#N)C2.CCC(C)(C)C(=O)OC1CCOC1=O.CCC(C)C(=O)Oc1ccc(C(C)(C)C)cc1. The van der Waals surface area contributed by atoms with Crippen molar-refractivity contribution >= 4 is 71.6 Å². The van der Waals surface area contributed by atoms with Gasteiger partial charge >= 0.3 is 96.3 Å². The molecule has 4 bridgehead atoms. The number of hydrogen-bond acceptors (Lipinski definition) is 25. The summed E-state index contributed by atoms with van der Waals surface area (Å²) < 4.78 is 200. The summed E-state index contributed by atoms with van der Waals surface area (Å²) in [5, 5.41) is 27.1. The van der Waals surface area contributed by atoms with E-state index in [0.717, 1.165) is 40.0 Å². The summed E-state index contributed by atoms with van der Waals surface area (Å²) >= 11 is 0. The van der Waals surface area contributed by atoms with Crippen LogP contribution in [0.2, 0.25) is 0 Å². The van der Waals surface area contributed by atoms with Crippen LogP contribution in [-0.4, -0.2) is 163 Å².